The quantitative estimate of drug-likeness (QED) is 0.602. The summed E-state index contributed by atoms with van der Waals surface area (Å²) in [6.07, 6.45) is 0. The van der Waals surface area contributed by atoms with Gasteiger partial charge in [0.1, 0.15) is 21.9 Å². The Morgan fingerprint density at radius 3 is 2.53 bits per heavy atom. The molecule has 0 heterocycles. The lowest BCUT2D eigenvalue weighted by Gasteiger charge is -2.18. The third-order valence-corrected chi connectivity index (χ3v) is 4.04. The summed E-state index contributed by atoms with van der Waals surface area (Å²) >= 11 is 1.90. The molecule has 0 spiro atoms. The van der Waals surface area contributed by atoms with E-state index in [0.29, 0.717) is 11.3 Å². The van der Waals surface area contributed by atoms with Crippen molar-refractivity contribution in [1.82, 2.24) is 0 Å². The molecular formula is C12H15BrFNOS. The van der Waals surface area contributed by atoms with Gasteiger partial charge < -0.3 is 4.55 Å². The summed E-state index contributed by atoms with van der Waals surface area (Å²) in [5.41, 5.74) is 0.814. The fourth-order valence-corrected chi connectivity index (χ4v) is 2.07. The monoisotopic (exact) mass is 319 g/mol. The van der Waals surface area contributed by atoms with Crippen molar-refractivity contribution in [2.45, 2.75) is 32.4 Å². The second-order valence-electron chi connectivity index (χ2n) is 4.66. The summed E-state index contributed by atoms with van der Waals surface area (Å²) in [6, 6.07) is 4.61. The van der Waals surface area contributed by atoms with Crippen LogP contribution in [0, 0.1) is 5.82 Å². The minimum Gasteiger partial charge on any atom is -0.591 e. The van der Waals surface area contributed by atoms with Gasteiger partial charge in [0.05, 0.1) is 5.71 Å². The molecular weight excluding hydrogens is 305 g/mol. The van der Waals surface area contributed by atoms with E-state index in [0.717, 1.165) is 4.47 Å². The molecule has 1 aromatic rings. The fraction of sp³-hybridized carbons (Fsp3) is 0.417. The Kier molecular flexibility index (Phi) is 4.75. The number of nitrogens with zero attached hydrogens (tertiary/aromatic N) is 1. The highest BCUT2D eigenvalue weighted by Crippen LogP contribution is 2.21. The van der Waals surface area contributed by atoms with Gasteiger partial charge in [0.15, 0.2) is 0 Å². The largest absolute Gasteiger partial charge is 0.591 e. The van der Waals surface area contributed by atoms with Crippen molar-refractivity contribution in [3.8, 4) is 0 Å². The van der Waals surface area contributed by atoms with Gasteiger partial charge in [-0.1, -0.05) is 20.3 Å². The van der Waals surface area contributed by atoms with E-state index in [4.69, 9.17) is 0 Å². The van der Waals surface area contributed by atoms with E-state index in [9.17, 15) is 8.94 Å². The van der Waals surface area contributed by atoms with Gasteiger partial charge in [0.25, 0.3) is 0 Å². The van der Waals surface area contributed by atoms with Crippen LogP contribution in [-0.4, -0.2) is 15.0 Å². The van der Waals surface area contributed by atoms with Crippen LogP contribution in [0.1, 0.15) is 33.3 Å². The second kappa shape index (κ2) is 5.50. The highest BCUT2D eigenvalue weighted by molar-refractivity contribution is 9.10. The number of hydrogen-bond donors (Lipinski definition) is 0. The molecule has 0 radical (unpaired) electrons. The zero-order valence-electron chi connectivity index (χ0n) is 10.3. The lowest BCUT2D eigenvalue weighted by atomic mass is 10.1. The van der Waals surface area contributed by atoms with Crippen LogP contribution in [0.15, 0.2) is 27.1 Å². The maximum Gasteiger partial charge on any atom is 0.144 e. The second-order valence-corrected chi connectivity index (χ2v) is 7.48. The first-order valence-electron chi connectivity index (χ1n) is 5.14. The third-order valence-electron chi connectivity index (χ3n) is 2.06. The van der Waals surface area contributed by atoms with Gasteiger partial charge in [-0.15, -0.1) is 0 Å². The summed E-state index contributed by atoms with van der Waals surface area (Å²) in [4.78, 5) is 0. The molecule has 1 aromatic carbocycles. The Hall–Kier alpha value is -0.390. The normalized spacial score (nSPS) is 14.9. The molecule has 0 aliphatic rings. The molecule has 0 saturated heterocycles. The molecule has 0 aliphatic carbocycles. The van der Waals surface area contributed by atoms with Crippen molar-refractivity contribution < 1.29 is 8.94 Å². The topological polar surface area (TPSA) is 35.4 Å². The van der Waals surface area contributed by atoms with Gasteiger partial charge in [0, 0.05) is 10.0 Å². The molecule has 0 aromatic heterocycles. The van der Waals surface area contributed by atoms with Crippen molar-refractivity contribution >= 4 is 33.0 Å². The minimum atomic E-state index is -1.38. The Bertz CT molecular complexity index is 443. The molecule has 0 unspecified atom stereocenters. The van der Waals surface area contributed by atoms with Crippen molar-refractivity contribution in [1.29, 1.82) is 0 Å². The molecule has 5 heteroatoms. The Labute approximate surface area is 113 Å². The van der Waals surface area contributed by atoms with Crippen molar-refractivity contribution in [2.24, 2.45) is 4.40 Å². The maximum absolute atomic E-state index is 13.6. The summed E-state index contributed by atoms with van der Waals surface area (Å²) in [7, 11) is 0. The zero-order valence-corrected chi connectivity index (χ0v) is 12.7. The van der Waals surface area contributed by atoms with Crippen LogP contribution in [0.5, 0.6) is 0 Å². The molecule has 2 nitrogen and oxygen atoms in total. The van der Waals surface area contributed by atoms with Gasteiger partial charge in [0.2, 0.25) is 0 Å². The van der Waals surface area contributed by atoms with Gasteiger partial charge >= 0.3 is 0 Å². The number of benzene rings is 1. The average Bonchev–Trinajstić information content (AvgIpc) is 2.20. The van der Waals surface area contributed by atoms with E-state index in [1.54, 1.807) is 19.1 Å². The van der Waals surface area contributed by atoms with Crippen LogP contribution in [0.25, 0.3) is 0 Å². The highest BCUT2D eigenvalue weighted by Gasteiger charge is 2.27. The van der Waals surface area contributed by atoms with E-state index in [2.05, 4.69) is 20.3 Å². The maximum atomic E-state index is 13.6. The Morgan fingerprint density at radius 1 is 1.41 bits per heavy atom. The van der Waals surface area contributed by atoms with E-state index in [1.807, 2.05) is 20.8 Å². The van der Waals surface area contributed by atoms with Crippen LogP contribution < -0.4 is 0 Å². The summed E-state index contributed by atoms with van der Waals surface area (Å²) in [5.74, 6) is -0.361. The minimum absolute atomic E-state index is 0.361. The number of rotatable bonds is 2. The summed E-state index contributed by atoms with van der Waals surface area (Å²) in [5, 5.41) is 0. The van der Waals surface area contributed by atoms with Crippen LogP contribution in [0.2, 0.25) is 0 Å². The van der Waals surface area contributed by atoms with Crippen molar-refractivity contribution in [3.05, 3.63) is 34.1 Å². The molecule has 1 atom stereocenters. The van der Waals surface area contributed by atoms with Gasteiger partial charge in [-0.25, -0.2) is 4.39 Å². The van der Waals surface area contributed by atoms with Crippen LogP contribution in [0.4, 0.5) is 4.39 Å². The van der Waals surface area contributed by atoms with Crippen LogP contribution >= 0.6 is 15.9 Å². The van der Waals surface area contributed by atoms with Gasteiger partial charge in [-0.3, -0.25) is 0 Å². The Balaban J connectivity index is 3.08. The Morgan fingerprint density at radius 2 is 2.00 bits per heavy atom. The summed E-state index contributed by atoms with van der Waals surface area (Å²) in [6.45, 7) is 7.15. The lowest BCUT2D eigenvalue weighted by Crippen LogP contribution is -2.26. The van der Waals surface area contributed by atoms with E-state index >= 15 is 0 Å². The zero-order chi connectivity index (χ0) is 13.2. The lowest BCUT2D eigenvalue weighted by molar-refractivity contribution is 0.561. The standard InChI is InChI=1S/C12H15BrFNOS/c1-8(15-17(16)12(2,3)4)10-7-9(13)5-6-11(10)14/h5-7H,1-4H3/b15-8-/t17-/m1/s1. The van der Waals surface area contributed by atoms with Gasteiger partial charge in [-0.05, 0) is 45.9 Å². The van der Waals surface area contributed by atoms with Crippen LogP contribution in [-0.2, 0) is 11.4 Å². The van der Waals surface area contributed by atoms with E-state index < -0.39 is 16.1 Å². The molecule has 0 fully saturated rings. The van der Waals surface area contributed by atoms with Gasteiger partial charge in [-0.2, -0.15) is 0 Å². The molecule has 17 heavy (non-hydrogen) atoms. The molecule has 0 aliphatic heterocycles. The van der Waals surface area contributed by atoms with Crippen molar-refractivity contribution in [2.75, 3.05) is 0 Å². The number of halogens is 2. The molecule has 1 rings (SSSR count). The first-order valence-corrected chi connectivity index (χ1v) is 7.04. The third kappa shape index (κ3) is 4.08. The predicted octanol–water partition coefficient (Wildman–Crippen LogP) is 3.86. The summed E-state index contributed by atoms with van der Waals surface area (Å²) < 4.78 is 29.8. The SMILES string of the molecule is C/C(=N/[S@+]([O-])C(C)(C)C)c1cc(Br)ccc1F. The van der Waals surface area contributed by atoms with Crippen LogP contribution in [0.3, 0.4) is 0 Å². The molecule has 0 amide bonds. The molecule has 0 N–H and O–H groups in total. The van der Waals surface area contributed by atoms with E-state index in [-0.39, 0.29) is 5.82 Å². The van der Waals surface area contributed by atoms with Crippen molar-refractivity contribution in [3.63, 3.8) is 0 Å². The smallest absolute Gasteiger partial charge is 0.144 e. The molecule has 0 bridgehead atoms. The number of hydrogen-bond acceptors (Lipinski definition) is 2. The average molecular weight is 320 g/mol. The molecule has 94 valence electrons. The highest BCUT2D eigenvalue weighted by atomic mass is 79.9. The fourth-order valence-electron chi connectivity index (χ4n) is 1.09. The molecule has 0 saturated carbocycles. The first-order chi connectivity index (χ1) is 7.71. The van der Waals surface area contributed by atoms with E-state index in [1.165, 1.54) is 6.07 Å². The first kappa shape index (κ1) is 14.7. The predicted molar refractivity (Wildman–Crippen MR) is 74.2 cm³/mol.